The number of rotatable bonds is 4. The lowest BCUT2D eigenvalue weighted by Crippen LogP contribution is -2.19. The summed E-state index contributed by atoms with van der Waals surface area (Å²) >= 11 is 1.96. The molecule has 0 aliphatic carbocycles. The summed E-state index contributed by atoms with van der Waals surface area (Å²) in [4.78, 5) is 13.5. The predicted octanol–water partition coefficient (Wildman–Crippen LogP) is 3.11. The monoisotopic (exact) mass is 325 g/mol. The summed E-state index contributed by atoms with van der Waals surface area (Å²) in [6.45, 7) is 0. The van der Waals surface area contributed by atoms with Crippen LogP contribution in [0.25, 0.3) is 22.8 Å². The van der Waals surface area contributed by atoms with E-state index in [9.17, 15) is 0 Å². The maximum Gasteiger partial charge on any atom is 0.223 e. The SMILES string of the molecule is c1cc(-c2ccon2)nc(-c2ccnc(N[C@@H]3CCSC3)n2)c1. The van der Waals surface area contributed by atoms with Crippen LogP contribution in [0.5, 0.6) is 0 Å². The molecular formula is C16H15N5OS. The third-order valence-corrected chi connectivity index (χ3v) is 4.79. The number of nitrogens with zero attached hydrogens (tertiary/aromatic N) is 4. The molecule has 1 aliphatic rings. The smallest absolute Gasteiger partial charge is 0.223 e. The van der Waals surface area contributed by atoms with Gasteiger partial charge in [0, 0.05) is 24.1 Å². The molecule has 23 heavy (non-hydrogen) atoms. The second-order valence-electron chi connectivity index (χ2n) is 5.26. The van der Waals surface area contributed by atoms with Crippen molar-refractivity contribution < 1.29 is 4.52 Å². The summed E-state index contributed by atoms with van der Waals surface area (Å²) in [6.07, 6.45) is 4.45. The molecule has 116 valence electrons. The van der Waals surface area contributed by atoms with E-state index < -0.39 is 0 Å². The van der Waals surface area contributed by atoms with Crippen molar-refractivity contribution in [2.75, 3.05) is 16.8 Å². The lowest BCUT2D eigenvalue weighted by molar-refractivity contribution is 0.422. The lowest BCUT2D eigenvalue weighted by Gasteiger charge is -2.11. The maximum absolute atomic E-state index is 4.88. The number of pyridine rings is 1. The van der Waals surface area contributed by atoms with Gasteiger partial charge in [-0.05, 0) is 30.4 Å². The van der Waals surface area contributed by atoms with Crippen molar-refractivity contribution in [3.05, 3.63) is 42.8 Å². The zero-order valence-electron chi connectivity index (χ0n) is 12.3. The molecule has 1 fully saturated rings. The first-order valence-corrected chi connectivity index (χ1v) is 8.59. The fourth-order valence-corrected chi connectivity index (χ4v) is 3.62. The molecule has 1 saturated heterocycles. The van der Waals surface area contributed by atoms with E-state index in [0.717, 1.165) is 29.3 Å². The standard InChI is InChI=1S/C16H15N5OS/c1-2-12(19-13(3-1)15-5-8-22-21-15)14-4-7-17-16(20-14)18-11-6-9-23-10-11/h1-5,7-8,11H,6,9-10H2,(H,17,18,20)/t11-/m1/s1. The number of hydrogen-bond acceptors (Lipinski definition) is 7. The minimum atomic E-state index is 0.449. The van der Waals surface area contributed by atoms with Crippen molar-refractivity contribution in [1.82, 2.24) is 20.1 Å². The van der Waals surface area contributed by atoms with Gasteiger partial charge < -0.3 is 9.84 Å². The third kappa shape index (κ3) is 3.19. The Hall–Kier alpha value is -2.41. The van der Waals surface area contributed by atoms with Crippen LogP contribution in [0.2, 0.25) is 0 Å². The fraction of sp³-hybridized carbons (Fsp3) is 0.250. The lowest BCUT2D eigenvalue weighted by atomic mass is 10.2. The Bertz CT molecular complexity index is 787. The molecule has 6 nitrogen and oxygen atoms in total. The van der Waals surface area contributed by atoms with E-state index in [0.29, 0.717) is 17.7 Å². The Balaban J connectivity index is 1.61. The minimum absolute atomic E-state index is 0.449. The van der Waals surface area contributed by atoms with Gasteiger partial charge in [0.15, 0.2) is 0 Å². The van der Waals surface area contributed by atoms with Crippen LogP contribution in [0.15, 0.2) is 47.3 Å². The number of thioether (sulfide) groups is 1. The van der Waals surface area contributed by atoms with Gasteiger partial charge in [-0.25, -0.2) is 15.0 Å². The molecule has 0 amide bonds. The first-order valence-electron chi connectivity index (χ1n) is 7.44. The molecule has 3 aromatic heterocycles. The normalized spacial score (nSPS) is 17.3. The average molecular weight is 325 g/mol. The van der Waals surface area contributed by atoms with Crippen LogP contribution in [0.3, 0.4) is 0 Å². The summed E-state index contributed by atoms with van der Waals surface area (Å²) in [5, 5.41) is 7.32. The summed E-state index contributed by atoms with van der Waals surface area (Å²) in [6, 6.07) is 9.87. The van der Waals surface area contributed by atoms with Crippen LogP contribution in [-0.4, -0.2) is 37.7 Å². The van der Waals surface area contributed by atoms with Crippen LogP contribution in [-0.2, 0) is 0 Å². The predicted molar refractivity (Wildman–Crippen MR) is 90.1 cm³/mol. The Morgan fingerprint density at radius 3 is 2.70 bits per heavy atom. The van der Waals surface area contributed by atoms with E-state index in [-0.39, 0.29) is 0 Å². The van der Waals surface area contributed by atoms with Gasteiger partial charge >= 0.3 is 0 Å². The number of hydrogen-bond donors (Lipinski definition) is 1. The number of nitrogens with one attached hydrogen (secondary N) is 1. The molecule has 1 N–H and O–H groups in total. The molecule has 0 spiro atoms. The van der Waals surface area contributed by atoms with Crippen LogP contribution in [0, 0.1) is 0 Å². The van der Waals surface area contributed by atoms with E-state index in [1.165, 1.54) is 12.0 Å². The van der Waals surface area contributed by atoms with E-state index in [1.54, 1.807) is 12.3 Å². The highest BCUT2D eigenvalue weighted by atomic mass is 32.2. The summed E-state index contributed by atoms with van der Waals surface area (Å²) < 4.78 is 4.88. The van der Waals surface area contributed by atoms with E-state index >= 15 is 0 Å². The third-order valence-electron chi connectivity index (χ3n) is 3.63. The fourth-order valence-electron chi connectivity index (χ4n) is 2.47. The van der Waals surface area contributed by atoms with Crippen molar-refractivity contribution >= 4 is 17.7 Å². The Labute approximate surface area is 137 Å². The van der Waals surface area contributed by atoms with Crippen LogP contribution in [0.1, 0.15) is 6.42 Å². The van der Waals surface area contributed by atoms with Crippen molar-refractivity contribution in [2.45, 2.75) is 12.5 Å². The zero-order chi connectivity index (χ0) is 15.5. The van der Waals surface area contributed by atoms with Crippen LogP contribution >= 0.6 is 11.8 Å². The molecular weight excluding hydrogens is 310 g/mol. The largest absolute Gasteiger partial charge is 0.364 e. The first-order chi connectivity index (χ1) is 11.4. The maximum atomic E-state index is 4.88. The molecule has 4 heterocycles. The molecule has 3 aromatic rings. The summed E-state index contributed by atoms with van der Waals surface area (Å²) in [7, 11) is 0. The van der Waals surface area contributed by atoms with Crippen molar-refractivity contribution in [3.63, 3.8) is 0 Å². The topological polar surface area (TPSA) is 76.7 Å². The summed E-state index contributed by atoms with van der Waals surface area (Å²) in [5.74, 6) is 2.95. The van der Waals surface area contributed by atoms with Crippen molar-refractivity contribution in [3.8, 4) is 22.8 Å². The van der Waals surface area contributed by atoms with Crippen LogP contribution in [0.4, 0.5) is 5.95 Å². The molecule has 7 heteroatoms. The van der Waals surface area contributed by atoms with Crippen molar-refractivity contribution in [2.24, 2.45) is 0 Å². The second-order valence-corrected chi connectivity index (χ2v) is 6.41. The van der Waals surface area contributed by atoms with Gasteiger partial charge in [0.2, 0.25) is 5.95 Å². The molecule has 0 aromatic carbocycles. The molecule has 0 radical (unpaired) electrons. The number of aromatic nitrogens is 4. The molecule has 1 atom stereocenters. The van der Waals surface area contributed by atoms with Gasteiger partial charge in [-0.15, -0.1) is 0 Å². The van der Waals surface area contributed by atoms with Gasteiger partial charge in [0.05, 0.1) is 17.1 Å². The quantitative estimate of drug-likeness (QED) is 0.789. The summed E-state index contributed by atoms with van der Waals surface area (Å²) in [5.41, 5.74) is 3.05. The Kier molecular flexibility index (Phi) is 3.94. The second kappa shape index (κ2) is 6.37. The van der Waals surface area contributed by atoms with Gasteiger partial charge in [-0.1, -0.05) is 11.2 Å². The van der Waals surface area contributed by atoms with Gasteiger partial charge in [0.1, 0.15) is 12.0 Å². The Morgan fingerprint density at radius 1 is 1.04 bits per heavy atom. The molecule has 0 bridgehead atoms. The minimum Gasteiger partial charge on any atom is -0.364 e. The highest BCUT2D eigenvalue weighted by Crippen LogP contribution is 2.22. The van der Waals surface area contributed by atoms with Crippen molar-refractivity contribution in [1.29, 1.82) is 0 Å². The molecule has 1 aliphatic heterocycles. The van der Waals surface area contributed by atoms with Gasteiger partial charge in [-0.3, -0.25) is 0 Å². The van der Waals surface area contributed by atoms with E-state index in [2.05, 4.69) is 25.4 Å². The molecule has 4 rings (SSSR count). The zero-order valence-corrected chi connectivity index (χ0v) is 13.2. The van der Waals surface area contributed by atoms with Gasteiger partial charge in [0.25, 0.3) is 0 Å². The van der Waals surface area contributed by atoms with E-state index in [4.69, 9.17) is 4.52 Å². The highest BCUT2D eigenvalue weighted by molar-refractivity contribution is 7.99. The van der Waals surface area contributed by atoms with Gasteiger partial charge in [-0.2, -0.15) is 11.8 Å². The molecule has 0 unspecified atom stereocenters. The van der Waals surface area contributed by atoms with E-state index in [1.807, 2.05) is 36.0 Å². The highest BCUT2D eigenvalue weighted by Gasteiger charge is 2.16. The average Bonchev–Trinajstić information content (AvgIpc) is 3.29. The molecule has 0 saturated carbocycles. The Morgan fingerprint density at radius 2 is 1.91 bits per heavy atom. The number of anilines is 1. The van der Waals surface area contributed by atoms with Crippen LogP contribution < -0.4 is 5.32 Å². The first kappa shape index (κ1) is 14.2.